The Bertz CT molecular complexity index is 985. The molecule has 0 aliphatic carbocycles. The van der Waals surface area contributed by atoms with Crippen molar-refractivity contribution in [1.29, 1.82) is 0 Å². The molecular weight excluding hydrogens is 404 g/mol. The highest BCUT2D eigenvalue weighted by molar-refractivity contribution is 5.89. The average molecular weight is 433 g/mol. The molecule has 0 amide bonds. The van der Waals surface area contributed by atoms with Crippen LogP contribution in [0.5, 0.6) is 5.75 Å². The Labute approximate surface area is 188 Å². The van der Waals surface area contributed by atoms with Crippen LogP contribution in [0.1, 0.15) is 48.8 Å². The minimum Gasteiger partial charge on any atom is -0.465 e. The van der Waals surface area contributed by atoms with Crippen LogP contribution in [0, 0.1) is 0 Å². The van der Waals surface area contributed by atoms with E-state index in [-0.39, 0.29) is 18.4 Å². The smallest absolute Gasteiger partial charge is 0.338 e. The molecule has 1 aliphatic heterocycles. The van der Waals surface area contributed by atoms with E-state index in [1.54, 1.807) is 12.1 Å². The van der Waals surface area contributed by atoms with Crippen molar-refractivity contribution in [3.8, 4) is 16.9 Å². The SMILES string of the molecule is CC(CCc1ncc(-c2ccc(OC3CCCCO3)cc2)cn1)OC(=O)c1ccccc1. The highest BCUT2D eigenvalue weighted by atomic mass is 16.7. The Balaban J connectivity index is 1.26. The van der Waals surface area contributed by atoms with Crippen LogP contribution >= 0.6 is 0 Å². The first kappa shape index (κ1) is 22.0. The van der Waals surface area contributed by atoms with Crippen LogP contribution in [0.3, 0.4) is 0 Å². The summed E-state index contributed by atoms with van der Waals surface area (Å²) in [7, 11) is 0. The van der Waals surface area contributed by atoms with Gasteiger partial charge in [-0.15, -0.1) is 0 Å². The molecule has 0 N–H and O–H groups in total. The lowest BCUT2D eigenvalue weighted by Crippen LogP contribution is -2.24. The zero-order valence-electron chi connectivity index (χ0n) is 18.3. The van der Waals surface area contributed by atoms with Crippen molar-refractivity contribution in [3.63, 3.8) is 0 Å². The van der Waals surface area contributed by atoms with Crippen LogP contribution in [0.2, 0.25) is 0 Å². The minimum atomic E-state index is -0.308. The topological polar surface area (TPSA) is 70.5 Å². The molecule has 6 heteroatoms. The quantitative estimate of drug-likeness (QED) is 0.454. The molecule has 0 saturated carbocycles. The number of ether oxygens (including phenoxy) is 3. The standard InChI is InChI=1S/C26H28N2O4/c1-19(31-26(29)21-7-3-2-4-8-21)10-15-24-27-17-22(18-28-24)20-11-13-23(14-12-20)32-25-9-5-6-16-30-25/h2-4,7-8,11-14,17-19,25H,5-6,9-10,15-16H2,1H3. The minimum absolute atomic E-state index is 0.147. The van der Waals surface area contributed by atoms with Gasteiger partial charge >= 0.3 is 5.97 Å². The summed E-state index contributed by atoms with van der Waals surface area (Å²) in [5, 5.41) is 0. The van der Waals surface area contributed by atoms with Crippen molar-refractivity contribution in [1.82, 2.24) is 9.97 Å². The van der Waals surface area contributed by atoms with E-state index in [4.69, 9.17) is 14.2 Å². The number of carbonyl (C=O) groups is 1. The Morgan fingerprint density at radius 2 is 1.78 bits per heavy atom. The fourth-order valence-electron chi connectivity index (χ4n) is 3.53. The van der Waals surface area contributed by atoms with Gasteiger partial charge in [0.05, 0.1) is 18.3 Å². The number of esters is 1. The second-order valence-electron chi connectivity index (χ2n) is 7.95. The first-order valence-electron chi connectivity index (χ1n) is 11.1. The maximum Gasteiger partial charge on any atom is 0.338 e. The van der Waals surface area contributed by atoms with Gasteiger partial charge in [-0.1, -0.05) is 30.3 Å². The summed E-state index contributed by atoms with van der Waals surface area (Å²) in [6.07, 6.45) is 7.75. The predicted molar refractivity (Wildman–Crippen MR) is 121 cm³/mol. The molecule has 1 fully saturated rings. The van der Waals surface area contributed by atoms with Gasteiger partial charge in [0.15, 0.2) is 6.29 Å². The van der Waals surface area contributed by atoms with Gasteiger partial charge < -0.3 is 14.2 Å². The van der Waals surface area contributed by atoms with E-state index in [1.807, 2.05) is 61.8 Å². The molecule has 32 heavy (non-hydrogen) atoms. The molecule has 4 rings (SSSR count). The normalized spacial score (nSPS) is 16.8. The molecule has 0 bridgehead atoms. The summed E-state index contributed by atoms with van der Waals surface area (Å²) in [6.45, 7) is 2.65. The second kappa shape index (κ2) is 10.9. The molecule has 1 saturated heterocycles. The third kappa shape index (κ3) is 6.14. The van der Waals surface area contributed by atoms with Crippen LogP contribution < -0.4 is 4.74 Å². The zero-order valence-corrected chi connectivity index (χ0v) is 18.3. The van der Waals surface area contributed by atoms with E-state index in [2.05, 4.69) is 9.97 Å². The lowest BCUT2D eigenvalue weighted by molar-refractivity contribution is -0.105. The number of carbonyl (C=O) groups excluding carboxylic acids is 1. The third-order valence-corrected chi connectivity index (χ3v) is 5.39. The van der Waals surface area contributed by atoms with Crippen molar-refractivity contribution in [3.05, 3.63) is 78.4 Å². The van der Waals surface area contributed by atoms with E-state index < -0.39 is 0 Å². The molecule has 0 radical (unpaired) electrons. The third-order valence-electron chi connectivity index (χ3n) is 5.39. The van der Waals surface area contributed by atoms with E-state index in [0.717, 1.165) is 48.6 Å². The van der Waals surface area contributed by atoms with Gasteiger partial charge in [0, 0.05) is 30.8 Å². The average Bonchev–Trinajstić information content (AvgIpc) is 2.85. The lowest BCUT2D eigenvalue weighted by Gasteiger charge is -2.23. The first-order valence-corrected chi connectivity index (χ1v) is 11.1. The van der Waals surface area contributed by atoms with Gasteiger partial charge in [0.2, 0.25) is 0 Å². The summed E-state index contributed by atoms with van der Waals surface area (Å²) < 4.78 is 17.0. The van der Waals surface area contributed by atoms with Crippen molar-refractivity contribution in [2.24, 2.45) is 0 Å². The Morgan fingerprint density at radius 1 is 1.03 bits per heavy atom. The number of aromatic nitrogens is 2. The van der Waals surface area contributed by atoms with Crippen molar-refractivity contribution >= 4 is 5.97 Å². The Morgan fingerprint density at radius 3 is 2.47 bits per heavy atom. The van der Waals surface area contributed by atoms with Gasteiger partial charge in [-0.05, 0) is 56.0 Å². The summed E-state index contributed by atoms with van der Waals surface area (Å²) in [6, 6.07) is 16.9. The largest absolute Gasteiger partial charge is 0.465 e. The monoisotopic (exact) mass is 432 g/mol. The molecule has 6 nitrogen and oxygen atoms in total. The molecule has 1 aromatic heterocycles. The van der Waals surface area contributed by atoms with Crippen LogP contribution in [0.4, 0.5) is 0 Å². The van der Waals surface area contributed by atoms with E-state index in [1.165, 1.54) is 0 Å². The molecular formula is C26H28N2O4. The van der Waals surface area contributed by atoms with Crippen LogP contribution in [0.15, 0.2) is 67.0 Å². The highest BCUT2D eigenvalue weighted by Gasteiger charge is 2.15. The maximum atomic E-state index is 12.1. The second-order valence-corrected chi connectivity index (χ2v) is 7.95. The number of benzene rings is 2. The van der Waals surface area contributed by atoms with Crippen LogP contribution in [-0.4, -0.2) is 34.9 Å². The molecule has 2 heterocycles. The van der Waals surface area contributed by atoms with E-state index in [9.17, 15) is 4.79 Å². The highest BCUT2D eigenvalue weighted by Crippen LogP contribution is 2.24. The van der Waals surface area contributed by atoms with Crippen molar-refractivity contribution in [2.75, 3.05) is 6.61 Å². The van der Waals surface area contributed by atoms with Gasteiger partial charge in [0.25, 0.3) is 0 Å². The number of nitrogens with zero attached hydrogens (tertiary/aromatic N) is 2. The fraction of sp³-hybridized carbons (Fsp3) is 0.346. The Hall–Kier alpha value is -3.25. The molecule has 0 spiro atoms. The fourth-order valence-corrected chi connectivity index (χ4v) is 3.53. The molecule has 3 aromatic rings. The first-order chi connectivity index (χ1) is 15.7. The van der Waals surface area contributed by atoms with Crippen molar-refractivity contribution < 1.29 is 19.0 Å². The lowest BCUT2D eigenvalue weighted by atomic mass is 10.1. The maximum absolute atomic E-state index is 12.1. The number of hydrogen-bond acceptors (Lipinski definition) is 6. The summed E-state index contributed by atoms with van der Waals surface area (Å²) >= 11 is 0. The van der Waals surface area contributed by atoms with Crippen molar-refractivity contribution in [2.45, 2.75) is 51.4 Å². The van der Waals surface area contributed by atoms with Crippen LogP contribution in [0.25, 0.3) is 11.1 Å². The molecule has 2 unspecified atom stereocenters. The zero-order chi connectivity index (χ0) is 22.2. The predicted octanol–water partition coefficient (Wildman–Crippen LogP) is 5.23. The van der Waals surface area contributed by atoms with Crippen LogP contribution in [-0.2, 0) is 15.9 Å². The Kier molecular flexibility index (Phi) is 7.46. The number of rotatable bonds is 8. The van der Waals surface area contributed by atoms with Gasteiger partial charge in [0.1, 0.15) is 11.6 Å². The molecule has 166 valence electrons. The molecule has 1 aliphatic rings. The summed E-state index contributed by atoms with van der Waals surface area (Å²) in [5.74, 6) is 1.22. The number of hydrogen-bond donors (Lipinski definition) is 0. The van der Waals surface area contributed by atoms with Gasteiger partial charge in [-0.25, -0.2) is 14.8 Å². The molecule has 2 atom stereocenters. The van der Waals surface area contributed by atoms with Gasteiger partial charge in [-0.3, -0.25) is 0 Å². The van der Waals surface area contributed by atoms with E-state index in [0.29, 0.717) is 18.4 Å². The molecule has 2 aromatic carbocycles. The summed E-state index contributed by atoms with van der Waals surface area (Å²) in [5.41, 5.74) is 2.53. The van der Waals surface area contributed by atoms with E-state index >= 15 is 0 Å². The summed E-state index contributed by atoms with van der Waals surface area (Å²) in [4.78, 5) is 21.1. The van der Waals surface area contributed by atoms with Gasteiger partial charge in [-0.2, -0.15) is 0 Å². The number of aryl methyl sites for hydroxylation is 1.